The van der Waals surface area contributed by atoms with Crippen LogP contribution in [0.15, 0.2) is 47.5 Å². The molecule has 0 aromatic rings. The van der Waals surface area contributed by atoms with E-state index in [1.807, 2.05) is 12.2 Å². The molecule has 0 aliphatic carbocycles. The fourth-order valence-corrected chi connectivity index (χ4v) is 1.69. The van der Waals surface area contributed by atoms with Gasteiger partial charge in [-0.3, -0.25) is 0 Å². The zero-order valence-corrected chi connectivity index (χ0v) is 13.9. The molecule has 1 rings (SSSR count). The highest BCUT2D eigenvalue weighted by atomic mass is 16.5. The first-order chi connectivity index (χ1) is 9.14. The summed E-state index contributed by atoms with van der Waals surface area (Å²) in [6.07, 6.45) is 10.4. The quantitative estimate of drug-likeness (QED) is 0.721. The summed E-state index contributed by atoms with van der Waals surface area (Å²) in [5.74, 6) is 2.02. The molecule has 0 saturated heterocycles. The zero-order valence-electron chi connectivity index (χ0n) is 13.9. The van der Waals surface area contributed by atoms with Crippen molar-refractivity contribution >= 4 is 0 Å². The van der Waals surface area contributed by atoms with Crippen LogP contribution in [0.3, 0.4) is 0 Å². The van der Waals surface area contributed by atoms with Crippen LogP contribution in [0.5, 0.6) is 0 Å². The number of ether oxygens (including phenoxy) is 2. The molecule has 1 aliphatic rings. The average Bonchev–Trinajstić information content (AvgIpc) is 2.32. The zero-order chi connectivity index (χ0) is 15.4. The Morgan fingerprint density at radius 1 is 1.00 bits per heavy atom. The lowest BCUT2D eigenvalue weighted by atomic mass is 9.87. The Morgan fingerprint density at radius 3 is 1.90 bits per heavy atom. The molecule has 1 aliphatic heterocycles. The van der Waals surface area contributed by atoms with Crippen LogP contribution in [0.25, 0.3) is 0 Å². The molecular formula is C18H28O2. The molecule has 0 N–H and O–H groups in total. The predicted molar refractivity (Wildman–Crippen MR) is 85.3 cm³/mol. The molecule has 0 unspecified atom stereocenters. The highest BCUT2D eigenvalue weighted by molar-refractivity contribution is 5.41. The SMILES string of the molecule is COC/C=C/C=C1C=C(C(C)(C)C)OC(C(C)(C)C)=C1. The normalized spacial score (nSPS) is 16.9. The third-order valence-electron chi connectivity index (χ3n) is 2.98. The number of allylic oxidation sites excluding steroid dienone is 7. The van der Waals surface area contributed by atoms with Crippen LogP contribution in [-0.2, 0) is 9.47 Å². The van der Waals surface area contributed by atoms with Gasteiger partial charge >= 0.3 is 0 Å². The molecule has 2 heteroatoms. The van der Waals surface area contributed by atoms with Crippen molar-refractivity contribution in [1.29, 1.82) is 0 Å². The summed E-state index contributed by atoms with van der Waals surface area (Å²) in [7, 11) is 1.70. The maximum Gasteiger partial charge on any atom is 0.110 e. The Labute approximate surface area is 123 Å². The minimum Gasteiger partial charge on any atom is -0.465 e. The summed E-state index contributed by atoms with van der Waals surface area (Å²) in [4.78, 5) is 0. The summed E-state index contributed by atoms with van der Waals surface area (Å²) in [5, 5.41) is 0. The summed E-state index contributed by atoms with van der Waals surface area (Å²) >= 11 is 0. The average molecular weight is 276 g/mol. The molecule has 0 radical (unpaired) electrons. The van der Waals surface area contributed by atoms with E-state index in [0.29, 0.717) is 6.61 Å². The van der Waals surface area contributed by atoms with E-state index in [2.05, 4.69) is 59.8 Å². The number of methoxy groups -OCH3 is 1. The van der Waals surface area contributed by atoms with E-state index in [-0.39, 0.29) is 10.8 Å². The smallest absolute Gasteiger partial charge is 0.110 e. The molecule has 0 saturated carbocycles. The number of hydrogen-bond acceptors (Lipinski definition) is 2. The van der Waals surface area contributed by atoms with E-state index < -0.39 is 0 Å². The Bertz CT molecular complexity index is 417. The van der Waals surface area contributed by atoms with Gasteiger partial charge in [0.15, 0.2) is 0 Å². The lowest BCUT2D eigenvalue weighted by Gasteiger charge is -2.32. The molecule has 2 nitrogen and oxygen atoms in total. The minimum absolute atomic E-state index is 0.0000932. The summed E-state index contributed by atoms with van der Waals surface area (Å²) in [5.41, 5.74) is 1.17. The topological polar surface area (TPSA) is 18.5 Å². The molecule has 0 spiro atoms. The maximum absolute atomic E-state index is 6.11. The van der Waals surface area contributed by atoms with Crippen LogP contribution in [0.1, 0.15) is 41.5 Å². The minimum atomic E-state index is 0.0000932. The van der Waals surface area contributed by atoms with Crippen molar-refractivity contribution in [2.24, 2.45) is 10.8 Å². The van der Waals surface area contributed by atoms with Gasteiger partial charge in [-0.2, -0.15) is 0 Å². The Kier molecular flexibility index (Phi) is 5.41. The summed E-state index contributed by atoms with van der Waals surface area (Å²) in [6, 6.07) is 0. The molecule has 0 fully saturated rings. The second-order valence-corrected chi connectivity index (χ2v) is 7.17. The summed E-state index contributed by atoms with van der Waals surface area (Å²) in [6.45, 7) is 13.6. The van der Waals surface area contributed by atoms with Crippen LogP contribution in [0.2, 0.25) is 0 Å². The second-order valence-electron chi connectivity index (χ2n) is 7.17. The lowest BCUT2D eigenvalue weighted by molar-refractivity contribution is 0.161. The number of hydrogen-bond donors (Lipinski definition) is 0. The molecule has 20 heavy (non-hydrogen) atoms. The Hall–Kier alpha value is -1.28. The van der Waals surface area contributed by atoms with Gasteiger partial charge in [-0.25, -0.2) is 0 Å². The highest BCUT2D eigenvalue weighted by Gasteiger charge is 2.28. The monoisotopic (exact) mass is 276 g/mol. The maximum atomic E-state index is 6.11. The van der Waals surface area contributed by atoms with E-state index in [1.54, 1.807) is 7.11 Å². The molecule has 0 aromatic carbocycles. The van der Waals surface area contributed by atoms with Gasteiger partial charge in [-0.05, 0) is 17.7 Å². The van der Waals surface area contributed by atoms with E-state index >= 15 is 0 Å². The van der Waals surface area contributed by atoms with Gasteiger partial charge < -0.3 is 9.47 Å². The van der Waals surface area contributed by atoms with Crippen LogP contribution in [-0.4, -0.2) is 13.7 Å². The van der Waals surface area contributed by atoms with Gasteiger partial charge in [0.25, 0.3) is 0 Å². The van der Waals surface area contributed by atoms with Crippen LogP contribution < -0.4 is 0 Å². The molecule has 112 valence electrons. The van der Waals surface area contributed by atoms with Gasteiger partial charge in [0.1, 0.15) is 11.5 Å². The van der Waals surface area contributed by atoms with Crippen molar-refractivity contribution in [2.75, 3.05) is 13.7 Å². The fourth-order valence-electron chi connectivity index (χ4n) is 1.69. The number of rotatable bonds is 3. The molecule has 0 bridgehead atoms. The van der Waals surface area contributed by atoms with Crippen LogP contribution >= 0.6 is 0 Å². The molecular weight excluding hydrogens is 248 g/mol. The molecule has 0 atom stereocenters. The van der Waals surface area contributed by atoms with E-state index in [1.165, 1.54) is 5.57 Å². The predicted octanol–water partition coefficient (Wildman–Crippen LogP) is 5.01. The van der Waals surface area contributed by atoms with Crippen LogP contribution in [0.4, 0.5) is 0 Å². The summed E-state index contributed by atoms with van der Waals surface area (Å²) < 4.78 is 11.1. The van der Waals surface area contributed by atoms with E-state index in [4.69, 9.17) is 9.47 Å². The third-order valence-corrected chi connectivity index (χ3v) is 2.98. The van der Waals surface area contributed by atoms with Gasteiger partial charge in [0, 0.05) is 17.9 Å². The standard InChI is InChI=1S/C18H28O2/c1-17(2,3)15-12-14(10-8-9-11-19-7)13-16(20-15)18(4,5)6/h8-10,12-13H,11H2,1-7H3/b9-8+. The molecule has 0 amide bonds. The first-order valence-corrected chi connectivity index (χ1v) is 7.12. The lowest BCUT2D eigenvalue weighted by Crippen LogP contribution is -2.21. The Balaban J connectivity index is 3.08. The molecule has 0 aromatic heterocycles. The van der Waals surface area contributed by atoms with Crippen molar-refractivity contribution < 1.29 is 9.47 Å². The van der Waals surface area contributed by atoms with Gasteiger partial charge in [0.05, 0.1) is 6.61 Å². The largest absolute Gasteiger partial charge is 0.465 e. The van der Waals surface area contributed by atoms with Gasteiger partial charge in [-0.1, -0.05) is 59.8 Å². The second kappa shape index (κ2) is 6.45. The van der Waals surface area contributed by atoms with Crippen molar-refractivity contribution in [1.82, 2.24) is 0 Å². The van der Waals surface area contributed by atoms with Crippen LogP contribution in [0, 0.1) is 10.8 Å². The van der Waals surface area contributed by atoms with Crippen molar-refractivity contribution in [3.05, 3.63) is 47.5 Å². The third kappa shape index (κ3) is 5.01. The molecule has 1 heterocycles. The van der Waals surface area contributed by atoms with Crippen molar-refractivity contribution in [3.63, 3.8) is 0 Å². The fraction of sp³-hybridized carbons (Fsp3) is 0.556. The van der Waals surface area contributed by atoms with E-state index in [0.717, 1.165) is 11.5 Å². The van der Waals surface area contributed by atoms with E-state index in [9.17, 15) is 0 Å². The van der Waals surface area contributed by atoms with Crippen molar-refractivity contribution in [3.8, 4) is 0 Å². The van der Waals surface area contributed by atoms with Gasteiger partial charge in [-0.15, -0.1) is 0 Å². The van der Waals surface area contributed by atoms with Crippen molar-refractivity contribution in [2.45, 2.75) is 41.5 Å². The van der Waals surface area contributed by atoms with Gasteiger partial charge in [0.2, 0.25) is 0 Å². The first-order valence-electron chi connectivity index (χ1n) is 7.12. The Morgan fingerprint density at radius 2 is 1.50 bits per heavy atom. The highest BCUT2D eigenvalue weighted by Crippen LogP contribution is 2.38. The first kappa shape index (κ1) is 16.8.